The van der Waals surface area contributed by atoms with Gasteiger partial charge in [0.2, 0.25) is 0 Å². The van der Waals surface area contributed by atoms with Crippen molar-refractivity contribution in [2.45, 2.75) is 185 Å². The molecular formula is C94H98N3OPt-. The molecule has 1 aliphatic carbocycles. The molecule has 2 aromatic heterocycles. The van der Waals surface area contributed by atoms with Gasteiger partial charge >= 0.3 is 0 Å². The second-order valence-corrected chi connectivity index (χ2v) is 30.5. The van der Waals surface area contributed by atoms with Crippen molar-refractivity contribution >= 4 is 11.0 Å². The van der Waals surface area contributed by atoms with E-state index in [4.69, 9.17) is 9.97 Å². The van der Waals surface area contributed by atoms with Crippen molar-refractivity contribution in [2.75, 3.05) is 0 Å². The molecule has 0 saturated carbocycles. The van der Waals surface area contributed by atoms with Crippen LogP contribution in [0.4, 0.5) is 0 Å². The second-order valence-electron chi connectivity index (χ2n) is 30.5. The van der Waals surface area contributed by atoms with Gasteiger partial charge in [0.05, 0.1) is 22.4 Å². The molecule has 10 aromatic carbocycles. The van der Waals surface area contributed by atoms with Crippen LogP contribution in [0, 0.1) is 19.9 Å². The molecule has 506 valence electrons. The van der Waals surface area contributed by atoms with Crippen molar-refractivity contribution < 1.29 is 26.2 Å². The Morgan fingerprint density at radius 1 is 0.364 bits per heavy atom. The van der Waals surface area contributed by atoms with E-state index in [0.29, 0.717) is 23.7 Å². The van der Waals surface area contributed by atoms with Gasteiger partial charge in [-0.25, -0.2) is 9.97 Å². The van der Waals surface area contributed by atoms with E-state index < -0.39 is 0 Å². The van der Waals surface area contributed by atoms with Crippen molar-refractivity contribution in [3.8, 4) is 112 Å². The summed E-state index contributed by atoms with van der Waals surface area (Å²) in [6.45, 7) is 41.8. The number of fused-ring (bicyclic) bond motifs is 4. The fourth-order valence-electron chi connectivity index (χ4n) is 15.6. The summed E-state index contributed by atoms with van der Waals surface area (Å²) in [7, 11) is 0. The Balaban J connectivity index is 0.00000931. The van der Waals surface area contributed by atoms with Gasteiger partial charge in [-0.1, -0.05) is 268 Å². The number of aryl methyl sites for hydroxylation is 4. The molecule has 0 amide bonds. The van der Waals surface area contributed by atoms with Crippen LogP contribution in [0.1, 0.15) is 225 Å². The van der Waals surface area contributed by atoms with E-state index in [1.807, 2.05) is 6.07 Å². The van der Waals surface area contributed by atoms with Gasteiger partial charge < -0.3 is 5.11 Å². The molecule has 0 bridgehead atoms. The molecule has 1 N–H and O–H groups in total. The van der Waals surface area contributed by atoms with Crippen LogP contribution < -0.4 is 0 Å². The maximum atomic E-state index is 11.7. The van der Waals surface area contributed by atoms with Crippen LogP contribution in [0.5, 0.6) is 5.75 Å². The minimum Gasteiger partial charge on any atom is -0.507 e. The number of phenols is 1. The minimum atomic E-state index is 0. The number of para-hydroxylation sites is 1. The third-order valence-electron chi connectivity index (χ3n) is 21.0. The number of pyridine rings is 1. The summed E-state index contributed by atoms with van der Waals surface area (Å²) in [5.74, 6) is 3.25. The summed E-state index contributed by atoms with van der Waals surface area (Å²) in [4.78, 5) is 11.8. The number of hydrogen-bond donors (Lipinski definition) is 1. The molecule has 12 aromatic rings. The van der Waals surface area contributed by atoms with E-state index in [2.05, 4.69) is 311 Å². The average Bonchev–Trinajstić information content (AvgIpc) is 1.70. The van der Waals surface area contributed by atoms with Crippen molar-refractivity contribution in [3.05, 3.63) is 261 Å². The van der Waals surface area contributed by atoms with Gasteiger partial charge in [-0.05, 0) is 220 Å². The third kappa shape index (κ3) is 13.1. The van der Waals surface area contributed by atoms with E-state index in [0.717, 1.165) is 102 Å². The van der Waals surface area contributed by atoms with Crippen LogP contribution >= 0.6 is 0 Å². The summed E-state index contributed by atoms with van der Waals surface area (Å²) in [5.41, 5.74) is 36.5. The SMILES string of the molecule is Cc1cccc(C)c1-n1c(-c2ccc3c(n2)-c2c(O)cccc2CC3)nc2c(-c3[c-]c(-c4c(-c5cc(C(C)C)cc(C(C)C)c5)cccc4-c4cc(C(C)C)cc(C(C)C)c4)ccc3)c(-c3c(-c4c(C(C)C)cccc4C(C)C)cccc3-c3c(C(C)C)cccc3C(C)C)ccc21.[Pt]. The summed E-state index contributed by atoms with van der Waals surface area (Å²) in [6.07, 6.45) is 1.67. The summed E-state index contributed by atoms with van der Waals surface area (Å²) >= 11 is 0. The molecule has 0 spiro atoms. The quantitative estimate of drug-likeness (QED) is 0.0925. The van der Waals surface area contributed by atoms with Crippen LogP contribution in [0.25, 0.3) is 117 Å². The van der Waals surface area contributed by atoms with E-state index >= 15 is 0 Å². The number of nitrogens with zero attached hydrogens (tertiary/aromatic N) is 3. The van der Waals surface area contributed by atoms with Crippen molar-refractivity contribution in [1.82, 2.24) is 14.5 Å². The van der Waals surface area contributed by atoms with E-state index in [1.165, 1.54) is 94.6 Å². The van der Waals surface area contributed by atoms with Crippen molar-refractivity contribution in [3.63, 3.8) is 0 Å². The molecule has 0 unspecified atom stereocenters. The first-order chi connectivity index (χ1) is 47.0. The second kappa shape index (κ2) is 28.5. The number of benzene rings is 10. The molecule has 0 saturated heterocycles. The predicted octanol–water partition coefficient (Wildman–Crippen LogP) is 26.6. The van der Waals surface area contributed by atoms with E-state index in [1.54, 1.807) is 6.07 Å². The summed E-state index contributed by atoms with van der Waals surface area (Å²) < 4.78 is 2.39. The molecule has 1 aliphatic rings. The Morgan fingerprint density at radius 3 is 1.25 bits per heavy atom. The molecule has 4 nitrogen and oxygen atoms in total. The Hall–Kier alpha value is -8.69. The fourth-order valence-corrected chi connectivity index (χ4v) is 15.6. The van der Waals surface area contributed by atoms with Gasteiger partial charge in [0, 0.05) is 26.6 Å². The first-order valence-electron chi connectivity index (χ1n) is 36.3. The smallest absolute Gasteiger partial charge is 0.163 e. The maximum Gasteiger partial charge on any atom is 0.163 e. The predicted molar refractivity (Wildman–Crippen MR) is 418 cm³/mol. The van der Waals surface area contributed by atoms with Crippen LogP contribution in [-0.2, 0) is 33.9 Å². The minimum absolute atomic E-state index is 0. The zero-order chi connectivity index (χ0) is 69.3. The molecule has 0 atom stereocenters. The first kappa shape index (κ1) is 70.2. The standard InChI is InChI=1S/C94H98N3O.Pt/c1-53(2)67-47-68(54(3)4)50-71(49-67)77-35-24-36-78(72-51-69(55(5)6)48-70(52-72)56(7)8)85(77)65-29-20-30-66(46-65)86-81(90-79(88-73(57(9)10)31-22-32-74(88)58(11)12)37-25-38-80(90)89-75(59(13)14)33-23-34-76(89)60(15)16)43-45-83-92(86)96-94(97(83)93-61(17)26-19-27-62(93)18)82-44-42-64-41-40-63-28-21-39-84(98)87(63)91(64)95-82;/h19-39,42-45,47-60,98H,40-41H2,1-18H3;/q-1;. The molecule has 0 aliphatic heterocycles. The van der Waals surface area contributed by atoms with Gasteiger partial charge in [-0.2, -0.15) is 0 Å². The molecule has 99 heavy (non-hydrogen) atoms. The average molecular weight is 1480 g/mol. The van der Waals surface area contributed by atoms with Gasteiger partial charge in [-0.15, -0.1) is 35.4 Å². The number of aromatic hydroxyl groups is 1. The number of hydrogen-bond acceptors (Lipinski definition) is 3. The molecular weight excluding hydrogens is 1380 g/mol. The monoisotopic (exact) mass is 1480 g/mol. The van der Waals surface area contributed by atoms with Gasteiger partial charge in [0.15, 0.2) is 5.82 Å². The fraction of sp³-hybridized carbons (Fsp3) is 0.298. The zero-order valence-electron chi connectivity index (χ0n) is 61.5. The number of rotatable bonds is 17. The van der Waals surface area contributed by atoms with Crippen molar-refractivity contribution in [2.24, 2.45) is 0 Å². The third-order valence-corrected chi connectivity index (χ3v) is 21.0. The molecule has 2 heterocycles. The number of imidazole rings is 1. The molecule has 13 rings (SSSR count). The van der Waals surface area contributed by atoms with Gasteiger partial charge in [0.25, 0.3) is 0 Å². The first-order valence-corrected chi connectivity index (χ1v) is 36.3. The molecule has 5 heteroatoms. The Labute approximate surface area is 605 Å². The van der Waals surface area contributed by atoms with Gasteiger partial charge in [-0.3, -0.25) is 4.57 Å². The van der Waals surface area contributed by atoms with Crippen LogP contribution in [0.15, 0.2) is 188 Å². The van der Waals surface area contributed by atoms with Crippen LogP contribution in [0.2, 0.25) is 0 Å². The Morgan fingerprint density at radius 2 is 0.778 bits per heavy atom. The number of phenolic OH excluding ortho intramolecular Hbond substituents is 1. The zero-order valence-corrected chi connectivity index (χ0v) is 63.8. The summed E-state index contributed by atoms with van der Waals surface area (Å²) in [5, 5.41) is 11.7. The Bertz CT molecular complexity index is 4760. The van der Waals surface area contributed by atoms with Crippen molar-refractivity contribution in [1.29, 1.82) is 0 Å². The van der Waals surface area contributed by atoms with Gasteiger partial charge in [0.1, 0.15) is 11.4 Å². The molecule has 0 fully saturated rings. The normalized spacial score (nSPS) is 12.3. The van der Waals surface area contributed by atoms with E-state index in [-0.39, 0.29) is 50.5 Å². The van der Waals surface area contributed by atoms with E-state index in [9.17, 15) is 5.11 Å². The largest absolute Gasteiger partial charge is 0.507 e. The molecule has 0 radical (unpaired) electrons. The topological polar surface area (TPSA) is 50.9 Å². The Kier molecular flexibility index (Phi) is 20.2. The number of aromatic nitrogens is 3. The maximum absolute atomic E-state index is 11.7. The van der Waals surface area contributed by atoms with Crippen LogP contribution in [0.3, 0.4) is 0 Å². The summed E-state index contributed by atoms with van der Waals surface area (Å²) in [6, 6.07) is 75.7. The van der Waals surface area contributed by atoms with Crippen LogP contribution in [-0.4, -0.2) is 19.6 Å².